The van der Waals surface area contributed by atoms with Gasteiger partial charge in [0, 0.05) is 49.6 Å². The number of aliphatic hydroxyl groups is 2. The Labute approximate surface area is 223 Å². The van der Waals surface area contributed by atoms with E-state index >= 15 is 0 Å². The van der Waals surface area contributed by atoms with Gasteiger partial charge in [0.2, 0.25) is 0 Å². The first-order chi connectivity index (χ1) is 11.6. The monoisotopic (exact) mass is 544 g/mol. The van der Waals surface area contributed by atoms with Gasteiger partial charge < -0.3 is 69.6 Å². The Morgan fingerprint density at radius 2 is 0.655 bits per heavy atom. The predicted molar refractivity (Wildman–Crippen MR) is 64.2 cm³/mol. The first kappa shape index (κ1) is 39.1. The summed E-state index contributed by atoms with van der Waals surface area (Å²) >= 11 is 0. The van der Waals surface area contributed by atoms with E-state index in [0.29, 0.717) is 0 Å². The van der Waals surface area contributed by atoms with Gasteiger partial charge >= 0.3 is 83.0 Å². The number of carbonyl (C=O) groups is 6. The quantitative estimate of drug-likeness (QED) is 0.242. The summed E-state index contributed by atoms with van der Waals surface area (Å²) in [5.41, 5.74) is -5.95. The summed E-state index contributed by atoms with van der Waals surface area (Å²) in [6.07, 6.45) is -5.43. The number of aliphatic carboxylic acids is 6. The Balaban J connectivity index is -0.000000120. The summed E-state index contributed by atoms with van der Waals surface area (Å²) in [6.45, 7) is 0. The summed E-state index contributed by atoms with van der Waals surface area (Å²) in [5, 5.41) is 77.9. The Hall–Kier alpha value is -0.461. The molecule has 0 saturated heterocycles. The van der Waals surface area contributed by atoms with Crippen molar-refractivity contribution in [2.45, 2.75) is 36.9 Å². The van der Waals surface area contributed by atoms with E-state index in [1.54, 1.807) is 0 Å². The maximum Gasteiger partial charge on any atom is 4.00 e. The molecule has 0 rings (SSSR count). The van der Waals surface area contributed by atoms with Crippen molar-refractivity contribution in [3.63, 3.8) is 0 Å². The summed E-state index contributed by atoms with van der Waals surface area (Å²) in [7, 11) is 0. The number of carboxylic acid groups (broad SMARTS) is 6. The van der Waals surface area contributed by atoms with E-state index in [0.717, 1.165) is 0 Å². The van der Waals surface area contributed by atoms with Crippen LogP contribution in [0.1, 0.15) is 25.7 Å². The van der Waals surface area contributed by atoms with Crippen LogP contribution in [0.25, 0.3) is 0 Å². The van der Waals surface area contributed by atoms with Gasteiger partial charge in [0.25, 0.3) is 0 Å². The standard InChI is InChI=1S/2C6H8O7.2Na.Sn/c2*7-3(8)1-6(13,5(11)12)2-4(9)10;;;/h2*13H,1-2H2,(H,7,8)(H,9,10)(H,11,12);;;/q;;2*+1;+4/p-6. The van der Waals surface area contributed by atoms with Crippen LogP contribution in [0.15, 0.2) is 0 Å². The van der Waals surface area contributed by atoms with Crippen LogP contribution in [0.4, 0.5) is 0 Å². The second kappa shape index (κ2) is 17.2. The number of carbonyl (C=O) groups excluding carboxylic acids is 6. The molecular weight excluding hydrogens is 533 g/mol. The second-order valence-electron chi connectivity index (χ2n) is 4.83. The Kier molecular flexibility index (Phi) is 23.2. The third-order valence-corrected chi connectivity index (χ3v) is 2.51. The van der Waals surface area contributed by atoms with Crippen molar-refractivity contribution in [2.75, 3.05) is 0 Å². The van der Waals surface area contributed by atoms with Crippen LogP contribution >= 0.6 is 0 Å². The molecule has 0 saturated carbocycles. The van der Waals surface area contributed by atoms with E-state index in [-0.39, 0.29) is 83.0 Å². The van der Waals surface area contributed by atoms with E-state index in [9.17, 15) is 59.4 Å². The number of hydrogen-bond acceptors (Lipinski definition) is 14. The molecule has 29 heavy (non-hydrogen) atoms. The van der Waals surface area contributed by atoms with Gasteiger partial charge in [-0.25, -0.2) is 0 Å². The van der Waals surface area contributed by atoms with Crippen molar-refractivity contribution < 1.29 is 129 Å². The van der Waals surface area contributed by atoms with Crippen molar-refractivity contribution >= 4 is 59.7 Å². The molecule has 0 radical (unpaired) electrons. The smallest absolute Gasteiger partial charge is 0.550 e. The number of carboxylic acids is 6. The zero-order valence-corrected chi connectivity index (χ0v) is 22.0. The minimum absolute atomic E-state index is 0. The van der Waals surface area contributed by atoms with Crippen LogP contribution in [-0.4, -0.2) is 81.1 Å². The molecule has 17 heteroatoms. The summed E-state index contributed by atoms with van der Waals surface area (Å²) in [5.74, 6) is -12.0. The fraction of sp³-hybridized carbons (Fsp3) is 0.500. The van der Waals surface area contributed by atoms with E-state index in [2.05, 4.69) is 0 Å². The zero-order valence-electron chi connectivity index (χ0n) is 15.1. The van der Waals surface area contributed by atoms with Crippen LogP contribution in [0.5, 0.6) is 0 Å². The first-order valence-electron chi connectivity index (χ1n) is 6.23. The molecule has 0 unspecified atom stereocenters. The SMILES string of the molecule is O=C([O-])CC(O)(CC(=O)[O-])C(=O)[O-].O=C([O-])CC(O)(CC(=O)[O-])C(=O)[O-].[Na+].[Na+].[Sn+4]. The van der Waals surface area contributed by atoms with Gasteiger partial charge in [-0.15, -0.1) is 0 Å². The fourth-order valence-electron chi connectivity index (χ4n) is 1.37. The van der Waals surface area contributed by atoms with E-state index in [4.69, 9.17) is 10.2 Å². The molecule has 0 aliphatic carbocycles. The van der Waals surface area contributed by atoms with Gasteiger partial charge in [0.05, 0.1) is 11.9 Å². The molecule has 0 amide bonds. The molecule has 0 aromatic carbocycles. The number of hydrogen-bond donors (Lipinski definition) is 2. The molecule has 2 N–H and O–H groups in total. The maximum absolute atomic E-state index is 10.1. The minimum Gasteiger partial charge on any atom is -0.550 e. The van der Waals surface area contributed by atoms with Crippen molar-refractivity contribution in [3.8, 4) is 0 Å². The largest absolute Gasteiger partial charge is 4.00 e. The van der Waals surface area contributed by atoms with Gasteiger partial charge in [0.15, 0.2) is 0 Å². The van der Waals surface area contributed by atoms with Crippen LogP contribution in [-0.2, 0) is 28.8 Å². The molecule has 0 atom stereocenters. The van der Waals surface area contributed by atoms with E-state index in [1.807, 2.05) is 0 Å². The van der Waals surface area contributed by atoms with Crippen LogP contribution in [0.3, 0.4) is 0 Å². The molecule has 0 bridgehead atoms. The van der Waals surface area contributed by atoms with Crippen molar-refractivity contribution in [1.82, 2.24) is 0 Å². The molecule has 0 fully saturated rings. The summed E-state index contributed by atoms with van der Waals surface area (Å²) < 4.78 is 0. The molecule has 0 aliphatic heterocycles. The van der Waals surface area contributed by atoms with Gasteiger partial charge in [-0.3, -0.25) is 0 Å². The minimum atomic E-state index is -2.97. The normalized spacial score (nSPS) is 9.72. The summed E-state index contributed by atoms with van der Waals surface area (Å²) in [6, 6.07) is 0. The second-order valence-corrected chi connectivity index (χ2v) is 4.83. The van der Waals surface area contributed by atoms with Gasteiger partial charge in [-0.1, -0.05) is 0 Å². The van der Waals surface area contributed by atoms with Crippen LogP contribution < -0.4 is 89.8 Å². The average Bonchev–Trinajstić information content (AvgIpc) is 2.34. The Bertz CT molecular complexity index is 523. The van der Waals surface area contributed by atoms with Crippen LogP contribution in [0, 0.1) is 0 Å². The molecule has 0 spiro atoms. The Morgan fingerprint density at radius 3 is 0.724 bits per heavy atom. The third-order valence-electron chi connectivity index (χ3n) is 2.51. The predicted octanol–water partition coefficient (Wildman–Crippen LogP) is -16.9. The van der Waals surface area contributed by atoms with Crippen molar-refractivity contribution in [3.05, 3.63) is 0 Å². The van der Waals surface area contributed by atoms with Crippen molar-refractivity contribution in [1.29, 1.82) is 0 Å². The van der Waals surface area contributed by atoms with Gasteiger partial charge in [-0.05, 0) is 0 Å². The molecular formula is C12H10Na2O14Sn. The molecule has 0 aromatic heterocycles. The fourth-order valence-corrected chi connectivity index (χ4v) is 1.37. The van der Waals surface area contributed by atoms with Gasteiger partial charge in [0.1, 0.15) is 11.2 Å². The summed E-state index contributed by atoms with van der Waals surface area (Å²) in [4.78, 5) is 60.0. The molecule has 0 heterocycles. The molecule has 0 aliphatic rings. The molecule has 0 aromatic rings. The van der Waals surface area contributed by atoms with Crippen molar-refractivity contribution in [2.24, 2.45) is 0 Å². The molecule has 148 valence electrons. The third kappa shape index (κ3) is 18.1. The number of rotatable bonds is 10. The average molecular weight is 543 g/mol. The Morgan fingerprint density at radius 1 is 0.517 bits per heavy atom. The maximum atomic E-state index is 10.1. The van der Waals surface area contributed by atoms with E-state index in [1.165, 1.54) is 0 Å². The first-order valence-corrected chi connectivity index (χ1v) is 6.23. The molecule has 14 nitrogen and oxygen atoms in total. The van der Waals surface area contributed by atoms with Crippen LogP contribution in [0.2, 0.25) is 0 Å². The zero-order chi connectivity index (χ0) is 21.3. The topological polar surface area (TPSA) is 281 Å². The van der Waals surface area contributed by atoms with Gasteiger partial charge in [-0.2, -0.15) is 0 Å². The van der Waals surface area contributed by atoms with E-state index < -0.39 is 72.7 Å².